The summed E-state index contributed by atoms with van der Waals surface area (Å²) in [5, 5.41) is 13.9. The summed E-state index contributed by atoms with van der Waals surface area (Å²) >= 11 is 2.80. The Morgan fingerprint density at radius 1 is 1.03 bits per heavy atom. The van der Waals surface area contributed by atoms with Crippen LogP contribution in [0.25, 0.3) is 9.88 Å². The van der Waals surface area contributed by atoms with Gasteiger partial charge in [0.25, 0.3) is 17.7 Å². The molecule has 1 aliphatic rings. The van der Waals surface area contributed by atoms with Crippen molar-refractivity contribution in [3.05, 3.63) is 82.2 Å². The Bertz CT molecular complexity index is 1380. The second-order valence-corrected chi connectivity index (χ2v) is 9.39. The monoisotopic (exact) mass is 490 g/mol. The maximum absolute atomic E-state index is 12.9. The zero-order valence-electron chi connectivity index (χ0n) is 18.0. The van der Waals surface area contributed by atoms with Crippen LogP contribution in [-0.4, -0.2) is 46.5 Å². The van der Waals surface area contributed by atoms with Gasteiger partial charge in [-0.25, -0.2) is 0 Å². The largest absolute Gasteiger partial charge is 0.497 e. The number of benzene rings is 2. The Morgan fingerprint density at radius 2 is 1.82 bits per heavy atom. The van der Waals surface area contributed by atoms with Crippen molar-refractivity contribution in [1.82, 2.24) is 15.1 Å². The minimum absolute atomic E-state index is 0.226. The molecule has 0 aliphatic carbocycles. The minimum atomic E-state index is -0.423. The third kappa shape index (κ3) is 4.20. The van der Waals surface area contributed by atoms with Crippen LogP contribution in [0.15, 0.2) is 60.0 Å². The van der Waals surface area contributed by atoms with Crippen LogP contribution in [0.2, 0.25) is 0 Å². The van der Waals surface area contributed by atoms with Gasteiger partial charge in [-0.15, -0.1) is 21.5 Å². The number of amides is 3. The first kappa shape index (κ1) is 21.9. The molecule has 34 heavy (non-hydrogen) atoms. The zero-order chi connectivity index (χ0) is 23.7. The van der Waals surface area contributed by atoms with E-state index in [1.165, 1.54) is 45.8 Å². The number of imide groups is 1. The molecule has 3 heterocycles. The lowest BCUT2D eigenvalue weighted by atomic mass is 10.1. The van der Waals surface area contributed by atoms with Gasteiger partial charge in [-0.05, 0) is 53.8 Å². The zero-order valence-corrected chi connectivity index (χ0v) is 19.6. The lowest BCUT2D eigenvalue weighted by Gasteiger charge is -2.13. The van der Waals surface area contributed by atoms with E-state index in [-0.39, 0.29) is 23.6 Å². The van der Waals surface area contributed by atoms with Crippen molar-refractivity contribution >= 4 is 45.5 Å². The maximum atomic E-state index is 12.9. The molecular formula is C24H18N4O4S2. The molecule has 0 saturated carbocycles. The summed E-state index contributed by atoms with van der Waals surface area (Å²) in [5.74, 6) is -0.440. The minimum Gasteiger partial charge on any atom is -0.497 e. The number of hydrogen-bond donors (Lipinski definition) is 1. The molecule has 1 aliphatic heterocycles. The highest BCUT2D eigenvalue weighted by atomic mass is 32.1. The molecule has 0 radical (unpaired) electrons. The van der Waals surface area contributed by atoms with E-state index in [2.05, 4.69) is 15.5 Å². The summed E-state index contributed by atoms with van der Waals surface area (Å²) in [6.07, 6.45) is 0.520. The topological polar surface area (TPSA) is 101 Å². The normalized spacial score (nSPS) is 12.7. The van der Waals surface area contributed by atoms with Crippen molar-refractivity contribution in [2.24, 2.45) is 0 Å². The molecule has 2 aromatic carbocycles. The van der Waals surface area contributed by atoms with Crippen molar-refractivity contribution in [3.8, 4) is 15.6 Å². The smallest absolute Gasteiger partial charge is 0.261 e. The molecule has 2 aromatic heterocycles. The van der Waals surface area contributed by atoms with Crippen LogP contribution in [0.5, 0.6) is 5.75 Å². The molecule has 0 saturated heterocycles. The van der Waals surface area contributed by atoms with Gasteiger partial charge < -0.3 is 4.74 Å². The van der Waals surface area contributed by atoms with Crippen LogP contribution in [-0.2, 0) is 6.42 Å². The first-order valence-corrected chi connectivity index (χ1v) is 12.0. The predicted molar refractivity (Wildman–Crippen MR) is 130 cm³/mol. The highest BCUT2D eigenvalue weighted by molar-refractivity contribution is 7.23. The van der Waals surface area contributed by atoms with E-state index in [0.717, 1.165) is 16.2 Å². The van der Waals surface area contributed by atoms with Gasteiger partial charge in [0.05, 0.1) is 23.1 Å². The quantitative estimate of drug-likeness (QED) is 0.386. The Labute approximate surface area is 202 Å². The van der Waals surface area contributed by atoms with E-state index in [4.69, 9.17) is 4.74 Å². The molecule has 0 unspecified atom stereocenters. The molecule has 0 bridgehead atoms. The summed E-state index contributed by atoms with van der Waals surface area (Å²) in [4.78, 5) is 40.7. The summed E-state index contributed by atoms with van der Waals surface area (Å²) in [7, 11) is 1.60. The van der Waals surface area contributed by atoms with E-state index in [1.807, 2.05) is 41.8 Å². The number of rotatable bonds is 7. The summed E-state index contributed by atoms with van der Waals surface area (Å²) in [6, 6.07) is 15.8. The average molecular weight is 491 g/mol. The van der Waals surface area contributed by atoms with Crippen LogP contribution < -0.4 is 10.1 Å². The van der Waals surface area contributed by atoms with Crippen LogP contribution in [0, 0.1) is 0 Å². The van der Waals surface area contributed by atoms with Gasteiger partial charge in [0, 0.05) is 12.1 Å². The molecule has 10 heteroatoms. The number of nitrogens with zero attached hydrogens (tertiary/aromatic N) is 3. The summed E-state index contributed by atoms with van der Waals surface area (Å²) in [5.41, 5.74) is 1.78. The second-order valence-electron chi connectivity index (χ2n) is 7.46. The van der Waals surface area contributed by atoms with Gasteiger partial charge in [-0.2, -0.15) is 0 Å². The van der Waals surface area contributed by atoms with E-state index in [0.29, 0.717) is 22.1 Å². The number of thiophene rings is 1. The van der Waals surface area contributed by atoms with Crippen LogP contribution >= 0.6 is 22.7 Å². The number of nitrogens with one attached hydrogen (secondary N) is 1. The Hall–Kier alpha value is -3.89. The van der Waals surface area contributed by atoms with Crippen LogP contribution in [0.4, 0.5) is 5.13 Å². The van der Waals surface area contributed by atoms with Gasteiger partial charge in [0.15, 0.2) is 5.01 Å². The van der Waals surface area contributed by atoms with E-state index < -0.39 is 11.8 Å². The first-order chi connectivity index (χ1) is 16.5. The van der Waals surface area contributed by atoms with Crippen molar-refractivity contribution in [2.75, 3.05) is 19.0 Å². The lowest BCUT2D eigenvalue weighted by Crippen LogP contribution is -2.31. The molecular weight excluding hydrogens is 472 g/mol. The van der Waals surface area contributed by atoms with Crippen LogP contribution in [0.3, 0.4) is 0 Å². The number of fused-ring (bicyclic) bond motifs is 1. The maximum Gasteiger partial charge on any atom is 0.261 e. The second kappa shape index (κ2) is 9.16. The van der Waals surface area contributed by atoms with Gasteiger partial charge in [0.2, 0.25) is 5.13 Å². The Kier molecular flexibility index (Phi) is 5.91. The lowest BCUT2D eigenvalue weighted by molar-refractivity contribution is 0.0656. The molecule has 5 rings (SSSR count). The SMILES string of the molecule is COc1ccc(CCN2C(=O)c3ccc(C(=O)Nc4nnc(-c5cccs5)s4)cc3C2=O)cc1. The van der Waals surface area contributed by atoms with E-state index >= 15 is 0 Å². The molecule has 0 spiro atoms. The third-order valence-electron chi connectivity index (χ3n) is 5.39. The summed E-state index contributed by atoms with van der Waals surface area (Å²) in [6.45, 7) is 0.247. The number of aromatic nitrogens is 2. The molecule has 8 nitrogen and oxygen atoms in total. The number of hydrogen-bond acceptors (Lipinski definition) is 8. The fourth-order valence-corrected chi connectivity index (χ4v) is 5.14. The standard InChI is InChI=1S/C24H18N4O4S2/c1-32-16-7-4-14(5-8-16)10-11-28-22(30)17-9-6-15(13-18(17)23(28)31)20(29)25-24-27-26-21(34-24)19-3-2-12-33-19/h2-9,12-13H,10-11H2,1H3,(H,25,27,29). The molecule has 4 aromatic rings. The molecule has 3 amide bonds. The number of carbonyl (C=O) groups excluding carboxylic acids is 3. The number of ether oxygens (including phenoxy) is 1. The summed E-state index contributed by atoms with van der Waals surface area (Å²) < 4.78 is 5.15. The van der Waals surface area contributed by atoms with Gasteiger partial charge in [-0.3, -0.25) is 24.6 Å². The van der Waals surface area contributed by atoms with Crippen molar-refractivity contribution in [1.29, 1.82) is 0 Å². The highest BCUT2D eigenvalue weighted by Gasteiger charge is 2.35. The molecule has 0 fully saturated rings. The van der Waals surface area contributed by atoms with E-state index in [1.54, 1.807) is 7.11 Å². The fourth-order valence-electron chi connectivity index (χ4n) is 3.61. The van der Waals surface area contributed by atoms with Crippen LogP contribution in [0.1, 0.15) is 36.6 Å². The highest BCUT2D eigenvalue weighted by Crippen LogP contribution is 2.30. The first-order valence-electron chi connectivity index (χ1n) is 10.4. The Balaban J connectivity index is 1.27. The number of anilines is 1. The predicted octanol–water partition coefficient (Wildman–Crippen LogP) is 4.37. The average Bonchev–Trinajstić information content (AvgIpc) is 3.60. The Morgan fingerprint density at radius 3 is 2.56 bits per heavy atom. The number of carbonyl (C=O) groups is 3. The fraction of sp³-hybridized carbons (Fsp3) is 0.125. The van der Waals surface area contributed by atoms with Crippen molar-refractivity contribution < 1.29 is 19.1 Å². The third-order valence-corrected chi connectivity index (χ3v) is 7.27. The molecule has 1 N–H and O–H groups in total. The van der Waals surface area contributed by atoms with Crippen molar-refractivity contribution in [2.45, 2.75) is 6.42 Å². The van der Waals surface area contributed by atoms with Gasteiger partial charge in [-0.1, -0.05) is 29.5 Å². The van der Waals surface area contributed by atoms with Crippen molar-refractivity contribution in [3.63, 3.8) is 0 Å². The number of methoxy groups -OCH3 is 1. The van der Waals surface area contributed by atoms with Gasteiger partial charge >= 0.3 is 0 Å². The molecule has 170 valence electrons. The molecule has 0 atom stereocenters. The van der Waals surface area contributed by atoms with Gasteiger partial charge in [0.1, 0.15) is 5.75 Å². The van der Waals surface area contributed by atoms with E-state index in [9.17, 15) is 14.4 Å².